The van der Waals surface area contributed by atoms with Gasteiger partial charge in [-0.25, -0.2) is 4.98 Å². The van der Waals surface area contributed by atoms with Gasteiger partial charge in [0.2, 0.25) is 11.7 Å². The molecule has 0 aliphatic rings. The minimum absolute atomic E-state index is 0.587. The SMILES string of the molecule is CCCCc1nc(C)nc(OCCSC)c1Cc1ccc(-c2ccccc2-c2nn[nH]n2)cc1. The molecule has 0 saturated heterocycles. The zero-order chi connectivity index (χ0) is 23.8. The Morgan fingerprint density at radius 3 is 2.50 bits per heavy atom. The molecular weight excluding hydrogens is 444 g/mol. The Balaban J connectivity index is 1.62. The Labute approximate surface area is 204 Å². The molecule has 0 aliphatic heterocycles. The van der Waals surface area contributed by atoms with Crippen molar-refractivity contribution >= 4 is 11.8 Å². The van der Waals surface area contributed by atoms with E-state index in [9.17, 15) is 0 Å². The van der Waals surface area contributed by atoms with Gasteiger partial charge >= 0.3 is 0 Å². The number of aromatic amines is 1. The topological polar surface area (TPSA) is 89.5 Å². The summed E-state index contributed by atoms with van der Waals surface area (Å²) in [5.41, 5.74) is 6.51. The minimum atomic E-state index is 0.587. The first-order chi connectivity index (χ1) is 16.7. The van der Waals surface area contributed by atoms with Crippen molar-refractivity contribution in [3.05, 3.63) is 71.2 Å². The van der Waals surface area contributed by atoms with Crippen molar-refractivity contribution in [2.24, 2.45) is 0 Å². The van der Waals surface area contributed by atoms with Gasteiger partial charge in [0, 0.05) is 23.3 Å². The molecule has 2 aromatic heterocycles. The molecule has 8 heteroatoms. The number of benzene rings is 2. The van der Waals surface area contributed by atoms with Crippen LogP contribution in [0.25, 0.3) is 22.5 Å². The predicted octanol–water partition coefficient (Wildman–Crippen LogP) is 5.31. The summed E-state index contributed by atoms with van der Waals surface area (Å²) in [6.07, 6.45) is 5.98. The lowest BCUT2D eigenvalue weighted by Crippen LogP contribution is -2.10. The zero-order valence-corrected chi connectivity index (χ0v) is 20.7. The lowest BCUT2D eigenvalue weighted by atomic mass is 9.96. The van der Waals surface area contributed by atoms with Crippen LogP contribution in [-0.4, -0.2) is 49.2 Å². The highest BCUT2D eigenvalue weighted by atomic mass is 32.2. The Bertz CT molecular complexity index is 1190. The first-order valence-electron chi connectivity index (χ1n) is 11.6. The molecule has 4 rings (SSSR count). The van der Waals surface area contributed by atoms with E-state index in [0.717, 1.165) is 71.1 Å². The fourth-order valence-electron chi connectivity index (χ4n) is 3.91. The molecule has 4 aromatic rings. The average Bonchev–Trinajstić information content (AvgIpc) is 3.40. The van der Waals surface area contributed by atoms with Crippen molar-refractivity contribution in [1.82, 2.24) is 30.6 Å². The highest BCUT2D eigenvalue weighted by molar-refractivity contribution is 7.98. The maximum absolute atomic E-state index is 6.11. The molecule has 0 amide bonds. The number of nitrogens with zero attached hydrogens (tertiary/aromatic N) is 5. The summed E-state index contributed by atoms with van der Waals surface area (Å²) in [4.78, 5) is 9.43. The number of H-pyrrole nitrogens is 1. The molecule has 176 valence electrons. The lowest BCUT2D eigenvalue weighted by Gasteiger charge is -2.15. The van der Waals surface area contributed by atoms with E-state index in [2.05, 4.69) is 69.1 Å². The van der Waals surface area contributed by atoms with Gasteiger partial charge in [0.1, 0.15) is 5.82 Å². The van der Waals surface area contributed by atoms with Gasteiger partial charge in [-0.05, 0) is 47.9 Å². The molecule has 1 N–H and O–H groups in total. The standard InChI is InChI=1S/C26H30N6OS/c1-4-5-10-24-23(26(28-18(2)27-24)33-15-16-34-3)17-19-11-13-20(14-12-19)21-8-6-7-9-22(21)25-29-31-32-30-25/h6-9,11-14H,4-5,10,15-17H2,1-3H3,(H,29,30,31,32). The Hall–Kier alpha value is -3.26. The van der Waals surface area contributed by atoms with Crippen LogP contribution in [0.1, 0.15) is 42.4 Å². The van der Waals surface area contributed by atoms with Crippen molar-refractivity contribution in [1.29, 1.82) is 0 Å². The predicted molar refractivity (Wildman–Crippen MR) is 137 cm³/mol. The number of ether oxygens (including phenoxy) is 1. The number of thioether (sulfide) groups is 1. The van der Waals surface area contributed by atoms with Gasteiger partial charge in [-0.3, -0.25) is 0 Å². The van der Waals surface area contributed by atoms with Crippen LogP contribution in [0, 0.1) is 6.92 Å². The van der Waals surface area contributed by atoms with Crippen LogP contribution in [-0.2, 0) is 12.8 Å². The van der Waals surface area contributed by atoms with Crippen LogP contribution in [0.3, 0.4) is 0 Å². The van der Waals surface area contributed by atoms with E-state index in [0.29, 0.717) is 12.4 Å². The molecule has 0 saturated carbocycles. The van der Waals surface area contributed by atoms with Crippen molar-refractivity contribution < 1.29 is 4.74 Å². The maximum atomic E-state index is 6.11. The van der Waals surface area contributed by atoms with E-state index in [1.165, 1.54) is 5.56 Å². The molecule has 0 bridgehead atoms. The number of unbranched alkanes of at least 4 members (excludes halogenated alkanes) is 1. The molecule has 0 radical (unpaired) electrons. The largest absolute Gasteiger partial charge is 0.476 e. The summed E-state index contributed by atoms with van der Waals surface area (Å²) in [5, 5.41) is 14.5. The quantitative estimate of drug-likeness (QED) is 0.295. The second-order valence-electron chi connectivity index (χ2n) is 8.10. The Kier molecular flexibility index (Phi) is 8.25. The Morgan fingerprint density at radius 2 is 1.79 bits per heavy atom. The summed E-state index contributed by atoms with van der Waals surface area (Å²) in [6.45, 7) is 4.79. The normalized spacial score (nSPS) is 11.0. The van der Waals surface area contributed by atoms with Gasteiger partial charge in [-0.2, -0.15) is 22.0 Å². The van der Waals surface area contributed by atoms with Gasteiger partial charge in [0.05, 0.1) is 12.3 Å². The summed E-state index contributed by atoms with van der Waals surface area (Å²) < 4.78 is 6.11. The third-order valence-corrected chi connectivity index (χ3v) is 6.19. The van der Waals surface area contributed by atoms with Crippen molar-refractivity contribution in [3.8, 4) is 28.4 Å². The first-order valence-corrected chi connectivity index (χ1v) is 13.0. The van der Waals surface area contributed by atoms with E-state index in [1.54, 1.807) is 11.8 Å². The smallest absolute Gasteiger partial charge is 0.220 e. The summed E-state index contributed by atoms with van der Waals surface area (Å²) in [6, 6.07) is 16.7. The summed E-state index contributed by atoms with van der Waals surface area (Å²) >= 11 is 1.77. The average molecular weight is 475 g/mol. The number of aryl methyl sites for hydroxylation is 2. The third-order valence-electron chi connectivity index (χ3n) is 5.62. The first kappa shape index (κ1) is 23.9. The van der Waals surface area contributed by atoms with Crippen molar-refractivity contribution in [2.45, 2.75) is 39.5 Å². The van der Waals surface area contributed by atoms with Crippen molar-refractivity contribution in [3.63, 3.8) is 0 Å². The van der Waals surface area contributed by atoms with Crippen LogP contribution in [0.2, 0.25) is 0 Å². The summed E-state index contributed by atoms with van der Waals surface area (Å²) in [7, 11) is 0. The molecule has 0 aliphatic carbocycles. The highest BCUT2D eigenvalue weighted by Crippen LogP contribution is 2.31. The van der Waals surface area contributed by atoms with Crippen LogP contribution < -0.4 is 4.74 Å². The van der Waals surface area contributed by atoms with Gasteiger partial charge in [0.25, 0.3) is 0 Å². The molecule has 0 unspecified atom stereocenters. The van der Waals surface area contributed by atoms with E-state index in [1.807, 2.05) is 25.1 Å². The number of tetrazole rings is 1. The van der Waals surface area contributed by atoms with Gasteiger partial charge in [0.15, 0.2) is 0 Å². The second kappa shape index (κ2) is 11.7. The third kappa shape index (κ3) is 5.80. The van der Waals surface area contributed by atoms with Crippen LogP contribution in [0.5, 0.6) is 5.88 Å². The highest BCUT2D eigenvalue weighted by Gasteiger charge is 2.16. The Morgan fingerprint density at radius 1 is 1.00 bits per heavy atom. The fourth-order valence-corrected chi connectivity index (χ4v) is 4.16. The number of aromatic nitrogens is 6. The van der Waals surface area contributed by atoms with Crippen LogP contribution in [0.4, 0.5) is 0 Å². The van der Waals surface area contributed by atoms with Gasteiger partial charge in [-0.1, -0.05) is 61.9 Å². The second-order valence-corrected chi connectivity index (χ2v) is 9.09. The molecule has 34 heavy (non-hydrogen) atoms. The minimum Gasteiger partial charge on any atom is -0.476 e. The number of hydrogen-bond donors (Lipinski definition) is 1. The molecule has 2 aromatic carbocycles. The molecule has 0 atom stereocenters. The maximum Gasteiger partial charge on any atom is 0.220 e. The van der Waals surface area contributed by atoms with Gasteiger partial charge < -0.3 is 4.74 Å². The molecule has 0 fully saturated rings. The summed E-state index contributed by atoms with van der Waals surface area (Å²) in [5.74, 6) is 3.01. The molecule has 2 heterocycles. The van der Waals surface area contributed by atoms with E-state index < -0.39 is 0 Å². The van der Waals surface area contributed by atoms with E-state index in [-0.39, 0.29) is 0 Å². The van der Waals surface area contributed by atoms with Crippen LogP contribution in [0.15, 0.2) is 48.5 Å². The van der Waals surface area contributed by atoms with E-state index >= 15 is 0 Å². The van der Waals surface area contributed by atoms with Gasteiger partial charge in [-0.15, -0.1) is 10.2 Å². The lowest BCUT2D eigenvalue weighted by molar-refractivity contribution is 0.324. The number of rotatable bonds is 11. The number of hydrogen-bond acceptors (Lipinski definition) is 7. The van der Waals surface area contributed by atoms with E-state index in [4.69, 9.17) is 9.72 Å². The molecule has 0 spiro atoms. The monoisotopic (exact) mass is 474 g/mol. The molecular formula is C26H30N6OS. The van der Waals surface area contributed by atoms with Crippen molar-refractivity contribution in [2.75, 3.05) is 18.6 Å². The molecule has 7 nitrogen and oxygen atoms in total. The van der Waals surface area contributed by atoms with Crippen LogP contribution >= 0.6 is 11.8 Å². The number of nitrogens with one attached hydrogen (secondary N) is 1. The zero-order valence-electron chi connectivity index (χ0n) is 19.9. The fraction of sp³-hybridized carbons (Fsp3) is 0.346.